The van der Waals surface area contributed by atoms with E-state index in [1.165, 1.54) is 11.8 Å². The van der Waals surface area contributed by atoms with Crippen LogP contribution in [-0.4, -0.2) is 40.7 Å². The molecule has 0 bridgehead atoms. The first-order valence-corrected chi connectivity index (χ1v) is 8.70. The van der Waals surface area contributed by atoms with Crippen molar-refractivity contribution in [2.75, 3.05) is 18.8 Å². The molecular formula is C15H20BrNO3S. The molecule has 4 nitrogen and oxygen atoms in total. The number of hydrogen-bond acceptors (Lipinski definition) is 3. The monoisotopic (exact) mass is 373 g/mol. The van der Waals surface area contributed by atoms with Crippen LogP contribution in [0, 0.1) is 0 Å². The van der Waals surface area contributed by atoms with Gasteiger partial charge in [0.15, 0.2) is 0 Å². The van der Waals surface area contributed by atoms with Gasteiger partial charge in [0.1, 0.15) is 0 Å². The summed E-state index contributed by atoms with van der Waals surface area (Å²) in [6.07, 6.45) is 1.88. The molecule has 1 N–H and O–H groups in total. The number of halogens is 1. The lowest BCUT2D eigenvalue weighted by Crippen LogP contribution is -2.33. The van der Waals surface area contributed by atoms with E-state index in [-0.39, 0.29) is 11.5 Å². The molecule has 0 spiro atoms. The number of carbonyl (C=O) groups excluding carboxylic acids is 1. The van der Waals surface area contributed by atoms with Crippen molar-refractivity contribution in [3.8, 4) is 0 Å². The van der Waals surface area contributed by atoms with Crippen LogP contribution in [0.25, 0.3) is 0 Å². The van der Waals surface area contributed by atoms with E-state index < -0.39 is 5.97 Å². The molecule has 0 saturated heterocycles. The van der Waals surface area contributed by atoms with E-state index in [0.717, 1.165) is 30.8 Å². The number of carboxylic acid groups (broad SMARTS) is 1. The summed E-state index contributed by atoms with van der Waals surface area (Å²) < 4.78 is 0.546. The molecule has 21 heavy (non-hydrogen) atoms. The molecule has 0 aliphatic heterocycles. The fraction of sp³-hybridized carbons (Fsp3) is 0.467. The molecule has 0 atom stereocenters. The molecule has 116 valence electrons. The first kappa shape index (κ1) is 18.0. The highest BCUT2D eigenvalue weighted by Gasteiger charge is 2.14. The van der Waals surface area contributed by atoms with Crippen molar-refractivity contribution < 1.29 is 14.7 Å². The van der Waals surface area contributed by atoms with Crippen LogP contribution in [0.1, 0.15) is 37.0 Å². The van der Waals surface area contributed by atoms with E-state index in [0.29, 0.717) is 10.2 Å². The lowest BCUT2D eigenvalue weighted by Gasteiger charge is -2.21. The van der Waals surface area contributed by atoms with E-state index in [9.17, 15) is 9.59 Å². The predicted molar refractivity (Wildman–Crippen MR) is 89.0 cm³/mol. The maximum absolute atomic E-state index is 12.2. The number of aromatic carboxylic acids is 1. The number of hydrogen-bond donors (Lipinski definition) is 1. The summed E-state index contributed by atoms with van der Waals surface area (Å²) in [5.74, 6) is -0.543. The first-order valence-electron chi connectivity index (χ1n) is 6.93. The third kappa shape index (κ3) is 5.71. The Balaban J connectivity index is 2.67. The molecule has 0 aliphatic carbocycles. The summed E-state index contributed by atoms with van der Waals surface area (Å²) in [6, 6.07) is 5.11. The number of nitrogens with zero attached hydrogens (tertiary/aromatic N) is 1. The van der Waals surface area contributed by atoms with Crippen molar-refractivity contribution in [3.05, 3.63) is 28.2 Å². The van der Waals surface area contributed by atoms with Crippen LogP contribution in [0.5, 0.6) is 0 Å². The lowest BCUT2D eigenvalue weighted by molar-refractivity contribution is -0.128. The standard InChI is InChI=1S/C15H20BrNO3S/c1-3-7-17(8-4-2)14(18)10-21-11-5-6-13(16)12(9-11)15(19)20/h5-6,9H,3-4,7-8,10H2,1-2H3,(H,19,20). The van der Waals surface area contributed by atoms with Gasteiger partial charge in [0.25, 0.3) is 0 Å². The van der Waals surface area contributed by atoms with Crippen molar-refractivity contribution in [2.24, 2.45) is 0 Å². The fourth-order valence-electron chi connectivity index (χ4n) is 1.90. The van der Waals surface area contributed by atoms with Crippen LogP contribution in [0.2, 0.25) is 0 Å². The molecule has 0 radical (unpaired) electrons. The quantitative estimate of drug-likeness (QED) is 0.702. The lowest BCUT2D eigenvalue weighted by atomic mass is 10.2. The van der Waals surface area contributed by atoms with E-state index in [1.807, 2.05) is 11.0 Å². The third-order valence-corrected chi connectivity index (χ3v) is 4.54. The number of carbonyl (C=O) groups is 2. The smallest absolute Gasteiger partial charge is 0.336 e. The molecule has 0 heterocycles. The highest BCUT2D eigenvalue weighted by Crippen LogP contribution is 2.25. The maximum Gasteiger partial charge on any atom is 0.336 e. The summed E-state index contributed by atoms with van der Waals surface area (Å²) in [6.45, 7) is 5.65. The molecule has 0 unspecified atom stereocenters. The van der Waals surface area contributed by atoms with Crippen LogP contribution >= 0.6 is 27.7 Å². The third-order valence-electron chi connectivity index (χ3n) is 2.87. The minimum atomic E-state index is -0.978. The van der Waals surface area contributed by atoms with E-state index in [1.54, 1.807) is 12.1 Å². The van der Waals surface area contributed by atoms with Crippen molar-refractivity contribution in [1.29, 1.82) is 0 Å². The number of thioether (sulfide) groups is 1. The summed E-state index contributed by atoms with van der Waals surface area (Å²) in [4.78, 5) is 25.9. The highest BCUT2D eigenvalue weighted by atomic mass is 79.9. The normalized spacial score (nSPS) is 10.4. The van der Waals surface area contributed by atoms with Gasteiger partial charge in [0.2, 0.25) is 5.91 Å². The molecule has 0 aromatic heterocycles. The number of carboxylic acids is 1. The number of amides is 1. The molecule has 1 amide bonds. The van der Waals surface area contributed by atoms with Crippen LogP contribution in [0.3, 0.4) is 0 Å². The average Bonchev–Trinajstić information content (AvgIpc) is 2.45. The Kier molecular flexibility index (Phi) is 7.82. The predicted octanol–water partition coefficient (Wildman–Crippen LogP) is 3.89. The zero-order valence-electron chi connectivity index (χ0n) is 12.3. The summed E-state index contributed by atoms with van der Waals surface area (Å²) in [7, 11) is 0. The topological polar surface area (TPSA) is 57.6 Å². The Bertz CT molecular complexity index is 502. The second-order valence-corrected chi connectivity index (χ2v) is 6.52. The van der Waals surface area contributed by atoms with Gasteiger partial charge in [0, 0.05) is 22.5 Å². The van der Waals surface area contributed by atoms with E-state index >= 15 is 0 Å². The van der Waals surface area contributed by atoms with Gasteiger partial charge in [-0.15, -0.1) is 11.8 Å². The minimum absolute atomic E-state index is 0.100. The molecular weight excluding hydrogens is 354 g/mol. The highest BCUT2D eigenvalue weighted by molar-refractivity contribution is 9.10. The Morgan fingerprint density at radius 3 is 2.38 bits per heavy atom. The van der Waals surface area contributed by atoms with Gasteiger partial charge in [-0.2, -0.15) is 0 Å². The van der Waals surface area contributed by atoms with E-state index in [4.69, 9.17) is 5.11 Å². The SMILES string of the molecule is CCCN(CCC)C(=O)CSc1ccc(Br)c(C(=O)O)c1. The molecule has 0 fully saturated rings. The van der Waals surface area contributed by atoms with Crippen molar-refractivity contribution >= 4 is 39.6 Å². The summed E-state index contributed by atoms with van der Waals surface area (Å²) in [5, 5.41) is 9.08. The minimum Gasteiger partial charge on any atom is -0.478 e. The maximum atomic E-state index is 12.2. The Morgan fingerprint density at radius 2 is 1.86 bits per heavy atom. The van der Waals surface area contributed by atoms with Gasteiger partial charge in [-0.3, -0.25) is 4.79 Å². The van der Waals surface area contributed by atoms with Gasteiger partial charge < -0.3 is 10.0 Å². The largest absolute Gasteiger partial charge is 0.478 e. The number of benzene rings is 1. The Morgan fingerprint density at radius 1 is 1.24 bits per heavy atom. The van der Waals surface area contributed by atoms with E-state index in [2.05, 4.69) is 29.8 Å². The van der Waals surface area contributed by atoms with Gasteiger partial charge in [-0.25, -0.2) is 4.79 Å². The fourth-order valence-corrected chi connectivity index (χ4v) is 3.15. The molecule has 1 rings (SSSR count). The van der Waals surface area contributed by atoms with Crippen LogP contribution in [0.15, 0.2) is 27.6 Å². The average molecular weight is 374 g/mol. The Hall–Kier alpha value is -1.01. The Labute approximate surface area is 138 Å². The molecule has 0 aliphatic rings. The summed E-state index contributed by atoms with van der Waals surface area (Å²) in [5.41, 5.74) is 0.214. The zero-order chi connectivity index (χ0) is 15.8. The van der Waals surface area contributed by atoms with Crippen molar-refractivity contribution in [3.63, 3.8) is 0 Å². The first-order chi connectivity index (χ1) is 9.99. The molecule has 1 aromatic carbocycles. The molecule has 1 aromatic rings. The van der Waals surface area contributed by atoms with Crippen LogP contribution in [-0.2, 0) is 4.79 Å². The van der Waals surface area contributed by atoms with Gasteiger partial charge in [0.05, 0.1) is 11.3 Å². The molecule has 6 heteroatoms. The second-order valence-electron chi connectivity index (χ2n) is 4.62. The van der Waals surface area contributed by atoms with Crippen molar-refractivity contribution in [1.82, 2.24) is 4.90 Å². The van der Waals surface area contributed by atoms with Gasteiger partial charge in [-0.1, -0.05) is 13.8 Å². The van der Waals surface area contributed by atoms with Crippen molar-refractivity contribution in [2.45, 2.75) is 31.6 Å². The summed E-state index contributed by atoms with van der Waals surface area (Å²) >= 11 is 4.58. The van der Waals surface area contributed by atoms with Crippen LogP contribution in [0.4, 0.5) is 0 Å². The second kappa shape index (κ2) is 9.10. The van der Waals surface area contributed by atoms with Gasteiger partial charge in [-0.05, 0) is 47.0 Å². The van der Waals surface area contributed by atoms with Crippen LogP contribution < -0.4 is 0 Å². The molecule has 0 saturated carbocycles. The zero-order valence-corrected chi connectivity index (χ0v) is 14.7. The van der Waals surface area contributed by atoms with Gasteiger partial charge >= 0.3 is 5.97 Å². The number of rotatable bonds is 8.